The van der Waals surface area contributed by atoms with E-state index in [-0.39, 0.29) is 0 Å². The van der Waals surface area contributed by atoms with Crippen molar-refractivity contribution < 1.29 is 0 Å². The van der Waals surface area contributed by atoms with Crippen LogP contribution in [-0.2, 0) is 0 Å². The Morgan fingerprint density at radius 2 is 0.914 bits per heavy atom. The molecule has 0 aliphatic heterocycles. The van der Waals surface area contributed by atoms with E-state index in [2.05, 4.69) is 87.7 Å². The van der Waals surface area contributed by atoms with E-state index in [0.717, 1.165) is 104 Å². The van der Waals surface area contributed by atoms with Crippen molar-refractivity contribution in [3.05, 3.63) is 164 Å². The Bertz CT molecular complexity index is 3800. The molecule has 0 N–H and O–H groups in total. The van der Waals surface area contributed by atoms with Crippen LogP contribution in [0.15, 0.2) is 164 Å². The van der Waals surface area contributed by atoms with Crippen LogP contribution in [0.1, 0.15) is 0 Å². The van der Waals surface area contributed by atoms with Crippen LogP contribution in [0.2, 0.25) is 0 Å². The number of fused-ring (bicyclic) bond motifs is 13. The summed E-state index contributed by atoms with van der Waals surface area (Å²) in [6.07, 6.45) is 7.06. The number of hydrogen-bond donors (Lipinski definition) is 0. The lowest BCUT2D eigenvalue weighted by Gasteiger charge is -2.12. The third-order valence-corrected chi connectivity index (χ3v) is 11.5. The molecular formula is C49H27N9. The summed E-state index contributed by atoms with van der Waals surface area (Å²) in [6.45, 7) is 0. The van der Waals surface area contributed by atoms with Gasteiger partial charge in [0.2, 0.25) is 0 Å². The number of benzene rings is 7. The van der Waals surface area contributed by atoms with E-state index in [1.165, 1.54) is 0 Å². The van der Waals surface area contributed by atoms with E-state index < -0.39 is 0 Å². The molecule has 58 heavy (non-hydrogen) atoms. The summed E-state index contributed by atoms with van der Waals surface area (Å²) in [6, 6.07) is 48.4. The molecule has 0 radical (unpaired) electrons. The average molecular weight is 742 g/mol. The van der Waals surface area contributed by atoms with Gasteiger partial charge in [-0.15, -0.1) is 0 Å². The second-order valence-corrected chi connectivity index (χ2v) is 14.6. The molecule has 0 spiro atoms. The summed E-state index contributed by atoms with van der Waals surface area (Å²) >= 11 is 0. The van der Waals surface area contributed by atoms with Crippen molar-refractivity contribution in [3.8, 4) is 34.2 Å². The fourth-order valence-corrected chi connectivity index (χ4v) is 9.09. The molecule has 0 atom stereocenters. The Labute approximate surface area is 328 Å². The number of rotatable bonds is 3. The molecule has 0 aliphatic carbocycles. The number of para-hydroxylation sites is 2. The SMILES string of the molecule is c1ccc(-c2nc(-c3ccccc3)nc(-c3cccc4c3c3cccc5c3n4c3cc4nccnc4cc3c3cc4nccnc4c4c6ccccc6n5c34)n2)cc1. The van der Waals surface area contributed by atoms with Gasteiger partial charge in [-0.25, -0.2) is 15.0 Å². The molecule has 0 bridgehead atoms. The fraction of sp³-hybridized carbons (Fsp3) is 0. The van der Waals surface area contributed by atoms with Crippen LogP contribution < -0.4 is 0 Å². The standard InChI is InChI=1S/C49H27N9/c1-3-11-28(12-4-1)47-54-48(29-13-5-2-6-14-29)56-49(55-47)32-17-10-19-39-42(32)31-16-9-20-40-45(31)58(39)41-27-36-35(50-21-22-51-36)25-33(41)34-26-37-44(53-24-23-52-37)43-30-15-7-8-18-38(30)57(40)46(34)43/h1-27H. The van der Waals surface area contributed by atoms with Gasteiger partial charge in [-0.05, 0) is 36.4 Å². The Balaban J connectivity index is 1.28. The highest BCUT2D eigenvalue weighted by Crippen LogP contribution is 2.44. The van der Waals surface area contributed by atoms with E-state index >= 15 is 0 Å². The van der Waals surface area contributed by atoms with Crippen LogP contribution in [0.4, 0.5) is 0 Å². The summed E-state index contributed by atoms with van der Waals surface area (Å²) in [4.78, 5) is 34.9. The van der Waals surface area contributed by atoms with Gasteiger partial charge in [0, 0.05) is 73.8 Å². The van der Waals surface area contributed by atoms with Crippen molar-refractivity contribution in [2.24, 2.45) is 0 Å². The minimum atomic E-state index is 0.600. The molecule has 13 rings (SSSR count). The molecule has 0 unspecified atom stereocenters. The number of hydrogen-bond acceptors (Lipinski definition) is 7. The molecule has 7 aromatic carbocycles. The van der Waals surface area contributed by atoms with Crippen molar-refractivity contribution in [1.29, 1.82) is 0 Å². The zero-order chi connectivity index (χ0) is 37.9. The van der Waals surface area contributed by atoms with Gasteiger partial charge in [-0.2, -0.15) is 0 Å². The molecular weight excluding hydrogens is 715 g/mol. The molecule has 268 valence electrons. The van der Waals surface area contributed by atoms with Crippen molar-refractivity contribution >= 4 is 87.5 Å². The molecule has 6 heterocycles. The molecule has 13 aromatic rings. The highest BCUT2D eigenvalue weighted by atomic mass is 15.0. The quantitative estimate of drug-likeness (QED) is 0.178. The first-order valence-corrected chi connectivity index (χ1v) is 19.1. The maximum absolute atomic E-state index is 5.21. The largest absolute Gasteiger partial charge is 0.306 e. The number of nitrogens with zero attached hydrogens (tertiary/aromatic N) is 9. The Hall–Kier alpha value is -8.17. The third kappa shape index (κ3) is 4.26. The summed E-state index contributed by atoms with van der Waals surface area (Å²) in [5.41, 5.74) is 12.3. The van der Waals surface area contributed by atoms with Gasteiger partial charge in [0.1, 0.15) is 0 Å². The lowest BCUT2D eigenvalue weighted by molar-refractivity contribution is 1.08. The van der Waals surface area contributed by atoms with Crippen molar-refractivity contribution in [1.82, 2.24) is 43.7 Å². The van der Waals surface area contributed by atoms with Gasteiger partial charge in [0.05, 0.1) is 55.2 Å². The second kappa shape index (κ2) is 11.7. The molecule has 0 fully saturated rings. The Kier molecular flexibility index (Phi) is 6.25. The van der Waals surface area contributed by atoms with Gasteiger partial charge in [0.25, 0.3) is 0 Å². The van der Waals surface area contributed by atoms with Crippen LogP contribution in [0, 0.1) is 0 Å². The van der Waals surface area contributed by atoms with Crippen LogP contribution >= 0.6 is 0 Å². The molecule has 6 aromatic heterocycles. The normalized spacial score (nSPS) is 12.1. The van der Waals surface area contributed by atoms with Crippen molar-refractivity contribution in [3.63, 3.8) is 0 Å². The van der Waals surface area contributed by atoms with E-state index in [9.17, 15) is 0 Å². The van der Waals surface area contributed by atoms with Gasteiger partial charge < -0.3 is 8.80 Å². The zero-order valence-corrected chi connectivity index (χ0v) is 30.6. The summed E-state index contributed by atoms with van der Waals surface area (Å²) in [5.74, 6) is 1.83. The first kappa shape index (κ1) is 31.1. The maximum atomic E-state index is 5.21. The van der Waals surface area contributed by atoms with Crippen molar-refractivity contribution in [2.75, 3.05) is 0 Å². The highest BCUT2D eigenvalue weighted by Gasteiger charge is 2.24. The molecule has 0 amide bonds. The lowest BCUT2D eigenvalue weighted by atomic mass is 10.0. The van der Waals surface area contributed by atoms with Gasteiger partial charge in [0.15, 0.2) is 17.5 Å². The minimum Gasteiger partial charge on any atom is -0.306 e. The fourth-order valence-electron chi connectivity index (χ4n) is 9.09. The minimum absolute atomic E-state index is 0.600. The highest BCUT2D eigenvalue weighted by molar-refractivity contribution is 6.30. The predicted octanol–water partition coefficient (Wildman–Crippen LogP) is 11.0. The third-order valence-electron chi connectivity index (χ3n) is 11.5. The van der Waals surface area contributed by atoms with Crippen LogP contribution in [0.3, 0.4) is 0 Å². The van der Waals surface area contributed by atoms with E-state index in [4.69, 9.17) is 34.9 Å². The molecule has 9 heteroatoms. The van der Waals surface area contributed by atoms with E-state index in [0.29, 0.717) is 17.5 Å². The first-order chi connectivity index (χ1) is 28.8. The topological polar surface area (TPSA) is 99.0 Å². The van der Waals surface area contributed by atoms with Crippen LogP contribution in [0.5, 0.6) is 0 Å². The maximum Gasteiger partial charge on any atom is 0.164 e. The predicted molar refractivity (Wildman–Crippen MR) is 232 cm³/mol. The zero-order valence-electron chi connectivity index (χ0n) is 30.6. The monoisotopic (exact) mass is 741 g/mol. The average Bonchev–Trinajstić information content (AvgIpc) is 3.82. The summed E-state index contributed by atoms with van der Waals surface area (Å²) in [7, 11) is 0. The smallest absolute Gasteiger partial charge is 0.164 e. The molecule has 0 saturated heterocycles. The van der Waals surface area contributed by atoms with E-state index in [1.807, 2.05) is 60.7 Å². The van der Waals surface area contributed by atoms with Crippen LogP contribution in [-0.4, -0.2) is 43.7 Å². The molecule has 0 aliphatic rings. The summed E-state index contributed by atoms with van der Waals surface area (Å²) < 4.78 is 4.81. The van der Waals surface area contributed by atoms with Gasteiger partial charge in [-0.3, -0.25) is 19.9 Å². The van der Waals surface area contributed by atoms with Crippen LogP contribution in [0.25, 0.3) is 122 Å². The van der Waals surface area contributed by atoms with E-state index in [1.54, 1.807) is 24.8 Å². The molecule has 0 saturated carbocycles. The number of aromatic nitrogens is 9. The van der Waals surface area contributed by atoms with Crippen molar-refractivity contribution in [2.45, 2.75) is 0 Å². The Morgan fingerprint density at radius 1 is 0.345 bits per heavy atom. The second-order valence-electron chi connectivity index (χ2n) is 14.6. The molecule has 9 nitrogen and oxygen atoms in total. The first-order valence-electron chi connectivity index (χ1n) is 19.1. The Morgan fingerprint density at radius 3 is 1.69 bits per heavy atom. The lowest BCUT2D eigenvalue weighted by Crippen LogP contribution is -2.00. The summed E-state index contributed by atoms with van der Waals surface area (Å²) in [5, 5.41) is 6.36. The van der Waals surface area contributed by atoms with Gasteiger partial charge in [-0.1, -0.05) is 103 Å². The van der Waals surface area contributed by atoms with Gasteiger partial charge >= 0.3 is 0 Å².